The van der Waals surface area contributed by atoms with Gasteiger partial charge in [0.05, 0.1) is 0 Å². The molecule has 0 spiro atoms. The van der Waals surface area contributed by atoms with Gasteiger partial charge >= 0.3 is 6.36 Å². The van der Waals surface area contributed by atoms with Crippen molar-refractivity contribution in [3.63, 3.8) is 0 Å². The van der Waals surface area contributed by atoms with Crippen LogP contribution in [0.3, 0.4) is 0 Å². The summed E-state index contributed by atoms with van der Waals surface area (Å²) >= 11 is 0. The Balaban J connectivity index is 2.12. The molecule has 0 aromatic heterocycles. The maximum atomic E-state index is 12.0. The summed E-state index contributed by atoms with van der Waals surface area (Å²) in [4.78, 5) is 0.985. The first kappa shape index (κ1) is 11.6. The van der Waals surface area contributed by atoms with E-state index in [1.807, 2.05) is 6.07 Å². The summed E-state index contributed by atoms with van der Waals surface area (Å²) in [5.41, 5.74) is 0. The van der Waals surface area contributed by atoms with E-state index in [4.69, 9.17) is 0 Å². The lowest BCUT2D eigenvalue weighted by Crippen LogP contribution is -2.17. The summed E-state index contributed by atoms with van der Waals surface area (Å²) in [5, 5.41) is 0. The minimum absolute atomic E-state index is 0.107. The Kier molecular flexibility index (Phi) is 3.33. The minimum atomic E-state index is -4.60. The zero-order valence-electron chi connectivity index (χ0n) is 8.59. The second-order valence-electron chi connectivity index (χ2n) is 3.63. The number of alkyl halides is 3. The van der Waals surface area contributed by atoms with Crippen LogP contribution in [0.25, 0.3) is 0 Å². The van der Waals surface area contributed by atoms with E-state index in [1.54, 1.807) is 6.07 Å². The molecule has 1 heterocycles. The van der Waals surface area contributed by atoms with E-state index in [1.165, 1.54) is 25.0 Å². The van der Waals surface area contributed by atoms with Crippen LogP contribution in [-0.2, 0) is 10.9 Å². The van der Waals surface area contributed by atoms with Gasteiger partial charge in [0.2, 0.25) is 0 Å². The summed E-state index contributed by atoms with van der Waals surface area (Å²) < 4.78 is 40.0. The molecule has 88 valence electrons. The van der Waals surface area contributed by atoms with Gasteiger partial charge in [0.1, 0.15) is 17.3 Å². The minimum Gasteiger partial charge on any atom is -0.406 e. The van der Waals surface area contributed by atoms with Crippen molar-refractivity contribution < 1.29 is 17.9 Å². The van der Waals surface area contributed by atoms with Crippen LogP contribution in [0, 0.1) is 0 Å². The van der Waals surface area contributed by atoms with Crippen molar-refractivity contribution in [3.05, 3.63) is 24.3 Å². The Morgan fingerprint density at radius 1 is 1.12 bits per heavy atom. The molecule has 1 aliphatic heterocycles. The van der Waals surface area contributed by atoms with Gasteiger partial charge in [-0.15, -0.1) is 13.2 Å². The molecular formula is C11H12F3OS+. The summed E-state index contributed by atoms with van der Waals surface area (Å²) in [7, 11) is 0.123. The van der Waals surface area contributed by atoms with Gasteiger partial charge in [-0.1, -0.05) is 6.07 Å². The highest BCUT2D eigenvalue weighted by atomic mass is 32.2. The third-order valence-corrected chi connectivity index (χ3v) is 4.89. The summed E-state index contributed by atoms with van der Waals surface area (Å²) in [5.74, 6) is 2.08. The molecule has 0 bridgehead atoms. The van der Waals surface area contributed by atoms with Gasteiger partial charge in [0.25, 0.3) is 0 Å². The topological polar surface area (TPSA) is 9.23 Å². The number of rotatable bonds is 2. The normalized spacial score (nSPS) is 17.7. The smallest absolute Gasteiger partial charge is 0.406 e. The van der Waals surface area contributed by atoms with E-state index in [0.717, 1.165) is 16.4 Å². The molecule has 2 rings (SSSR count). The quantitative estimate of drug-likeness (QED) is 0.730. The standard InChI is InChI=1S/C11H12F3OS/c12-11(13,14)15-9-4-3-5-10(8-9)16-6-1-2-7-16/h3-5,8H,1-2,6-7H2/q+1. The van der Waals surface area contributed by atoms with Gasteiger partial charge in [-0.3, -0.25) is 0 Å². The first-order valence-corrected chi connectivity index (χ1v) is 6.64. The molecule has 0 aliphatic carbocycles. The summed E-state index contributed by atoms with van der Waals surface area (Å²) in [6, 6.07) is 6.37. The van der Waals surface area contributed by atoms with Gasteiger partial charge in [0.15, 0.2) is 4.90 Å². The van der Waals surface area contributed by atoms with Crippen molar-refractivity contribution in [2.24, 2.45) is 0 Å². The largest absolute Gasteiger partial charge is 0.573 e. The second kappa shape index (κ2) is 4.57. The highest BCUT2D eigenvalue weighted by molar-refractivity contribution is 7.97. The molecule has 5 heteroatoms. The Morgan fingerprint density at radius 3 is 2.44 bits per heavy atom. The number of ether oxygens (including phenoxy) is 1. The van der Waals surface area contributed by atoms with Crippen LogP contribution in [0.2, 0.25) is 0 Å². The van der Waals surface area contributed by atoms with E-state index >= 15 is 0 Å². The molecule has 1 aromatic carbocycles. The van der Waals surface area contributed by atoms with Gasteiger partial charge in [0, 0.05) is 17.0 Å². The molecule has 0 amide bonds. The predicted molar refractivity (Wildman–Crippen MR) is 57.7 cm³/mol. The van der Waals surface area contributed by atoms with Crippen LogP contribution in [0.1, 0.15) is 12.8 Å². The van der Waals surface area contributed by atoms with Gasteiger partial charge in [-0.05, 0) is 25.0 Å². The third-order valence-electron chi connectivity index (χ3n) is 2.40. The maximum absolute atomic E-state index is 12.0. The lowest BCUT2D eigenvalue weighted by Gasteiger charge is -2.09. The van der Waals surface area contributed by atoms with Crippen LogP contribution >= 0.6 is 0 Å². The number of hydrogen-bond donors (Lipinski definition) is 0. The fourth-order valence-electron chi connectivity index (χ4n) is 1.74. The van der Waals surface area contributed by atoms with E-state index in [9.17, 15) is 13.2 Å². The molecule has 0 saturated carbocycles. The third kappa shape index (κ3) is 3.07. The Bertz CT molecular complexity index is 358. The van der Waals surface area contributed by atoms with Crippen LogP contribution in [0.15, 0.2) is 29.2 Å². The molecule has 1 fully saturated rings. The monoisotopic (exact) mass is 249 g/mol. The summed E-state index contributed by atoms with van der Waals surface area (Å²) in [6.07, 6.45) is -2.25. The van der Waals surface area contributed by atoms with E-state index < -0.39 is 6.36 Å². The number of hydrogen-bond acceptors (Lipinski definition) is 1. The fraction of sp³-hybridized carbons (Fsp3) is 0.455. The van der Waals surface area contributed by atoms with Crippen molar-refractivity contribution in [2.45, 2.75) is 24.1 Å². The van der Waals surface area contributed by atoms with Crippen LogP contribution in [0.4, 0.5) is 13.2 Å². The first-order valence-electron chi connectivity index (χ1n) is 5.08. The molecule has 0 atom stereocenters. The SMILES string of the molecule is FC(F)(F)Oc1cccc([S+]2CCCC2)c1. The molecule has 0 N–H and O–H groups in total. The van der Waals surface area contributed by atoms with Crippen molar-refractivity contribution in [1.82, 2.24) is 0 Å². The fourth-order valence-corrected chi connectivity index (χ4v) is 4.08. The lowest BCUT2D eigenvalue weighted by molar-refractivity contribution is -0.274. The van der Waals surface area contributed by atoms with Gasteiger partial charge < -0.3 is 4.74 Å². The van der Waals surface area contributed by atoms with Crippen molar-refractivity contribution in [3.8, 4) is 5.75 Å². The molecule has 1 aromatic rings. The molecule has 1 aliphatic rings. The second-order valence-corrected chi connectivity index (χ2v) is 5.90. The van der Waals surface area contributed by atoms with E-state index in [-0.39, 0.29) is 16.6 Å². The summed E-state index contributed by atoms with van der Waals surface area (Å²) in [6.45, 7) is 0. The van der Waals surface area contributed by atoms with E-state index in [0.29, 0.717) is 0 Å². The Morgan fingerprint density at radius 2 is 1.81 bits per heavy atom. The van der Waals surface area contributed by atoms with Crippen molar-refractivity contribution >= 4 is 10.9 Å². The highest BCUT2D eigenvalue weighted by Gasteiger charge is 2.32. The highest BCUT2D eigenvalue weighted by Crippen LogP contribution is 2.28. The predicted octanol–water partition coefficient (Wildman–Crippen LogP) is 3.36. The molecule has 0 unspecified atom stereocenters. The van der Waals surface area contributed by atoms with Crippen molar-refractivity contribution in [2.75, 3.05) is 11.5 Å². The Labute approximate surface area is 95.0 Å². The van der Waals surface area contributed by atoms with Gasteiger partial charge in [-0.25, -0.2) is 0 Å². The first-order chi connectivity index (χ1) is 7.54. The van der Waals surface area contributed by atoms with Crippen LogP contribution in [-0.4, -0.2) is 17.9 Å². The molecule has 1 saturated heterocycles. The lowest BCUT2D eigenvalue weighted by atomic mass is 10.3. The average Bonchev–Trinajstić information content (AvgIpc) is 2.68. The Hall–Kier alpha value is -0.840. The molecule has 0 radical (unpaired) electrons. The number of benzene rings is 1. The van der Waals surface area contributed by atoms with Gasteiger partial charge in [-0.2, -0.15) is 0 Å². The zero-order valence-corrected chi connectivity index (χ0v) is 9.40. The van der Waals surface area contributed by atoms with Crippen LogP contribution < -0.4 is 4.74 Å². The molecule has 1 nitrogen and oxygen atoms in total. The number of halogens is 3. The maximum Gasteiger partial charge on any atom is 0.573 e. The van der Waals surface area contributed by atoms with Crippen LogP contribution in [0.5, 0.6) is 5.75 Å². The van der Waals surface area contributed by atoms with E-state index in [2.05, 4.69) is 4.74 Å². The average molecular weight is 249 g/mol. The zero-order chi connectivity index (χ0) is 11.6. The van der Waals surface area contributed by atoms with Crippen molar-refractivity contribution in [1.29, 1.82) is 0 Å². The molecule has 16 heavy (non-hydrogen) atoms. The molecular weight excluding hydrogens is 237 g/mol.